The fraction of sp³-hybridized carbons (Fsp3) is 0.179. The Morgan fingerprint density at radius 2 is 1.53 bits per heavy atom. The largest absolute Gasteiger partial charge is 0.496 e. The number of methoxy groups -OCH3 is 1. The number of ether oxygens (including phenoxy) is 1. The van der Waals surface area contributed by atoms with Crippen LogP contribution < -0.4 is 4.74 Å². The Labute approximate surface area is 241 Å². The second-order valence-electron chi connectivity index (χ2n) is 9.49. The van der Waals surface area contributed by atoms with E-state index in [2.05, 4.69) is 15.3 Å². The molecule has 2 heterocycles. The summed E-state index contributed by atoms with van der Waals surface area (Å²) in [5.74, 6) is -0.427. The first-order valence-electron chi connectivity index (χ1n) is 12.3. The number of halogens is 6. The van der Waals surface area contributed by atoms with Crippen molar-refractivity contribution in [3.63, 3.8) is 0 Å². The third-order valence-electron chi connectivity index (χ3n) is 6.58. The highest BCUT2D eigenvalue weighted by molar-refractivity contribution is 7.90. The van der Waals surface area contributed by atoms with E-state index in [0.29, 0.717) is 11.1 Å². The third-order valence-corrected chi connectivity index (χ3v) is 7.69. The van der Waals surface area contributed by atoms with Crippen molar-refractivity contribution in [2.75, 3.05) is 13.4 Å². The molecule has 0 fully saturated rings. The lowest BCUT2D eigenvalue weighted by molar-refractivity contribution is -0.141. The van der Waals surface area contributed by atoms with Gasteiger partial charge in [0, 0.05) is 18.0 Å². The molecule has 0 aliphatic rings. The van der Waals surface area contributed by atoms with Gasteiger partial charge in [-0.05, 0) is 60.5 Å². The Balaban J connectivity index is 1.76. The van der Waals surface area contributed by atoms with Crippen LogP contribution in [-0.2, 0) is 22.2 Å². The lowest BCUT2D eigenvalue weighted by Crippen LogP contribution is -2.09. The van der Waals surface area contributed by atoms with Crippen LogP contribution in [0.3, 0.4) is 0 Å². The van der Waals surface area contributed by atoms with Crippen molar-refractivity contribution < 1.29 is 39.5 Å². The van der Waals surface area contributed by atoms with Crippen LogP contribution in [0.2, 0.25) is 0 Å². The number of nitrogens with zero attached hydrogens (tertiary/aromatic N) is 5. The highest BCUT2D eigenvalue weighted by Crippen LogP contribution is 2.40. The molecule has 0 bridgehead atoms. The zero-order chi connectivity index (χ0) is 31.3. The van der Waals surface area contributed by atoms with Crippen molar-refractivity contribution in [1.29, 1.82) is 0 Å². The second kappa shape index (κ2) is 10.6. The van der Waals surface area contributed by atoms with Gasteiger partial charge in [0.2, 0.25) is 0 Å². The number of hydrogen-bond acceptors (Lipinski definition) is 6. The summed E-state index contributed by atoms with van der Waals surface area (Å²) >= 11 is 0. The number of sulfone groups is 1. The highest BCUT2D eigenvalue weighted by Gasteiger charge is 2.36. The Hall–Kier alpha value is -4.66. The SMILES string of the molecule is COc1ccc(-c2cnnn2-c2cc(-c3cccc(S(C)(=O)=O)c3)ccc2-n2cc(C(F)(F)F)nc2C)cc1C(F)(F)F. The smallest absolute Gasteiger partial charge is 0.434 e. The maximum absolute atomic E-state index is 13.8. The minimum atomic E-state index is -4.75. The van der Waals surface area contributed by atoms with Gasteiger partial charge in [-0.25, -0.2) is 18.1 Å². The van der Waals surface area contributed by atoms with Crippen LogP contribution in [-0.4, -0.2) is 46.3 Å². The third kappa shape index (κ3) is 5.84. The van der Waals surface area contributed by atoms with Crippen LogP contribution in [0, 0.1) is 6.92 Å². The van der Waals surface area contributed by atoms with Crippen LogP contribution in [0.5, 0.6) is 5.75 Å². The molecule has 0 spiro atoms. The van der Waals surface area contributed by atoms with E-state index in [-0.39, 0.29) is 33.4 Å². The standard InChI is InChI=1S/C28H21F6N5O3S/c1-16-36-26(28(32,33)34)15-38(16)22-9-7-18(17-5-4-6-20(11-17)43(3,40)41)13-23(22)39-24(14-35-37-39)19-8-10-25(42-2)21(12-19)27(29,30)31/h4-15H,1-3H3. The van der Waals surface area contributed by atoms with Crippen LogP contribution in [0.4, 0.5) is 26.3 Å². The molecule has 0 saturated heterocycles. The predicted molar refractivity (Wildman–Crippen MR) is 144 cm³/mol. The summed E-state index contributed by atoms with van der Waals surface area (Å²) in [5, 5.41) is 7.94. The zero-order valence-corrected chi connectivity index (χ0v) is 23.4. The van der Waals surface area contributed by atoms with Gasteiger partial charge in [-0.2, -0.15) is 26.3 Å². The van der Waals surface area contributed by atoms with E-state index in [9.17, 15) is 34.8 Å². The molecule has 0 aliphatic heterocycles. The molecule has 43 heavy (non-hydrogen) atoms. The van der Waals surface area contributed by atoms with E-state index in [4.69, 9.17) is 4.74 Å². The van der Waals surface area contributed by atoms with Gasteiger partial charge in [-0.1, -0.05) is 23.4 Å². The first-order chi connectivity index (χ1) is 20.1. The molecule has 2 aromatic heterocycles. The van der Waals surface area contributed by atoms with E-state index in [1.54, 1.807) is 12.1 Å². The fourth-order valence-corrected chi connectivity index (χ4v) is 5.20. The molecular formula is C28H21F6N5O3S. The highest BCUT2D eigenvalue weighted by atomic mass is 32.2. The number of hydrogen-bond donors (Lipinski definition) is 0. The molecule has 0 aliphatic carbocycles. The average molecular weight is 622 g/mol. The van der Waals surface area contributed by atoms with Gasteiger partial charge in [0.05, 0.1) is 40.8 Å². The lowest BCUT2D eigenvalue weighted by atomic mass is 10.0. The molecule has 0 atom stereocenters. The van der Waals surface area contributed by atoms with E-state index < -0.39 is 39.2 Å². The summed E-state index contributed by atoms with van der Waals surface area (Å²) in [4.78, 5) is 3.66. The molecule has 0 N–H and O–H groups in total. The first-order valence-corrected chi connectivity index (χ1v) is 14.2. The van der Waals surface area contributed by atoms with Crippen molar-refractivity contribution in [1.82, 2.24) is 24.5 Å². The van der Waals surface area contributed by atoms with Gasteiger partial charge in [0.25, 0.3) is 0 Å². The van der Waals surface area contributed by atoms with Crippen LogP contribution in [0.15, 0.2) is 78.0 Å². The molecule has 0 unspecified atom stereocenters. The minimum absolute atomic E-state index is 0.0223. The molecule has 8 nitrogen and oxygen atoms in total. The fourth-order valence-electron chi connectivity index (χ4n) is 4.53. The summed E-state index contributed by atoms with van der Waals surface area (Å²) in [6.45, 7) is 1.36. The molecule has 5 aromatic rings. The van der Waals surface area contributed by atoms with E-state index >= 15 is 0 Å². The second-order valence-corrected chi connectivity index (χ2v) is 11.5. The number of aryl methyl sites for hydroxylation is 1. The average Bonchev–Trinajstić information content (AvgIpc) is 3.58. The molecule has 15 heteroatoms. The van der Waals surface area contributed by atoms with Gasteiger partial charge < -0.3 is 9.30 Å². The molecular weight excluding hydrogens is 600 g/mol. The monoisotopic (exact) mass is 621 g/mol. The number of imidazole rings is 1. The van der Waals surface area contributed by atoms with Gasteiger partial charge in [0.1, 0.15) is 11.6 Å². The summed E-state index contributed by atoms with van der Waals surface area (Å²) in [7, 11) is -2.46. The Morgan fingerprint density at radius 1 is 0.837 bits per heavy atom. The maximum atomic E-state index is 13.8. The number of aromatic nitrogens is 5. The van der Waals surface area contributed by atoms with Crippen molar-refractivity contribution in [3.8, 4) is 39.5 Å². The predicted octanol–water partition coefficient (Wildman–Crippen LogP) is 6.55. The van der Waals surface area contributed by atoms with Gasteiger partial charge in [-0.15, -0.1) is 5.10 Å². The Bertz CT molecular complexity index is 1940. The summed E-state index contributed by atoms with van der Waals surface area (Å²) in [6, 6.07) is 14.0. The van der Waals surface area contributed by atoms with Gasteiger partial charge >= 0.3 is 12.4 Å². The molecule has 224 valence electrons. The van der Waals surface area contributed by atoms with E-state index in [1.807, 2.05) is 0 Å². The van der Waals surface area contributed by atoms with Gasteiger partial charge in [0.15, 0.2) is 15.5 Å². The van der Waals surface area contributed by atoms with Crippen LogP contribution in [0.25, 0.3) is 33.8 Å². The number of rotatable bonds is 6. The summed E-state index contributed by atoms with van der Waals surface area (Å²) < 4.78 is 114. The molecule has 0 amide bonds. The zero-order valence-electron chi connectivity index (χ0n) is 22.6. The van der Waals surface area contributed by atoms with Crippen LogP contribution in [0.1, 0.15) is 17.1 Å². The van der Waals surface area contributed by atoms with Crippen molar-refractivity contribution in [2.24, 2.45) is 0 Å². The van der Waals surface area contributed by atoms with Crippen molar-refractivity contribution >= 4 is 9.84 Å². The topological polar surface area (TPSA) is 91.9 Å². The minimum Gasteiger partial charge on any atom is -0.496 e. The van der Waals surface area contributed by atoms with Crippen molar-refractivity contribution in [2.45, 2.75) is 24.2 Å². The summed E-state index contributed by atoms with van der Waals surface area (Å²) in [5.41, 5.74) is -0.869. The van der Waals surface area contributed by atoms with Gasteiger partial charge in [-0.3, -0.25) is 0 Å². The van der Waals surface area contributed by atoms with Crippen molar-refractivity contribution in [3.05, 3.63) is 90.1 Å². The first kappa shape index (κ1) is 29.8. The Morgan fingerprint density at radius 3 is 2.16 bits per heavy atom. The van der Waals surface area contributed by atoms with E-state index in [0.717, 1.165) is 31.7 Å². The summed E-state index contributed by atoms with van der Waals surface area (Å²) in [6.07, 6.45) is -6.43. The molecule has 5 rings (SSSR count). The maximum Gasteiger partial charge on any atom is 0.434 e. The molecule has 3 aromatic carbocycles. The van der Waals surface area contributed by atoms with Crippen LogP contribution >= 0.6 is 0 Å². The molecule has 0 saturated carbocycles. The molecule has 0 radical (unpaired) electrons. The van der Waals surface area contributed by atoms with E-state index in [1.165, 1.54) is 58.8 Å². The Kier molecular flexibility index (Phi) is 7.32. The number of benzene rings is 3. The number of alkyl halides is 6. The quantitative estimate of drug-likeness (QED) is 0.200. The normalized spacial score (nSPS) is 12.5. The lowest BCUT2D eigenvalue weighted by Gasteiger charge is -2.17.